The first kappa shape index (κ1) is 17.7. The van der Waals surface area contributed by atoms with Crippen molar-refractivity contribution in [3.05, 3.63) is 24.3 Å². The van der Waals surface area contributed by atoms with Crippen molar-refractivity contribution >= 4 is 43.3 Å². The second kappa shape index (κ2) is 8.24. The summed E-state index contributed by atoms with van der Waals surface area (Å²) in [7, 11) is -0.384. The first-order chi connectivity index (χ1) is 10.4. The number of unbranched alkanes of at least 4 members (excludes halogenated alkanes) is 1. The Kier molecular flexibility index (Phi) is 6.61. The van der Waals surface area contributed by atoms with Crippen LogP contribution in [0.5, 0.6) is 0 Å². The Morgan fingerprint density at radius 3 is 2.86 bits per heavy atom. The summed E-state index contributed by atoms with van der Waals surface area (Å²) in [6, 6.07) is 5.61. The lowest BCUT2D eigenvalue weighted by Gasteiger charge is -2.08. The van der Waals surface area contributed by atoms with Gasteiger partial charge >= 0.3 is 0 Å². The Balaban J connectivity index is 1.74. The van der Waals surface area contributed by atoms with Gasteiger partial charge in [0, 0.05) is 23.1 Å². The zero-order chi connectivity index (χ0) is 16.0. The lowest BCUT2D eigenvalue weighted by Crippen LogP contribution is -2.12. The summed E-state index contributed by atoms with van der Waals surface area (Å²) in [6.45, 7) is 0. The Morgan fingerprint density at radius 2 is 2.18 bits per heavy atom. The highest BCUT2D eigenvalue weighted by molar-refractivity contribution is 8.77. The van der Waals surface area contributed by atoms with Crippen LogP contribution in [0.25, 0.3) is 0 Å². The second-order valence-corrected chi connectivity index (χ2v) is 9.33. The van der Waals surface area contributed by atoms with Gasteiger partial charge in [-0.2, -0.15) is 8.42 Å². The van der Waals surface area contributed by atoms with Crippen molar-refractivity contribution in [3.63, 3.8) is 0 Å². The smallest absolute Gasteiger partial charge is 0.294 e. The van der Waals surface area contributed by atoms with Crippen molar-refractivity contribution in [2.75, 3.05) is 11.1 Å². The van der Waals surface area contributed by atoms with Gasteiger partial charge in [-0.1, -0.05) is 34.1 Å². The Hall–Kier alpha value is -0.700. The monoisotopic (exact) mass is 361 g/mol. The summed E-state index contributed by atoms with van der Waals surface area (Å²) in [4.78, 5) is 11.6. The maximum Gasteiger partial charge on any atom is 0.294 e. The molecule has 0 unspecified atom stereocenters. The number of anilines is 1. The first-order valence-electron chi connectivity index (χ1n) is 7.11. The highest BCUT2D eigenvalue weighted by atomic mass is 33.1. The molecular formula is C14H19NO4S3. The fraction of sp³-hybridized carbons (Fsp3) is 0.500. The number of hydrogen-bond acceptors (Lipinski definition) is 5. The lowest BCUT2D eigenvalue weighted by molar-refractivity contribution is -0.116. The van der Waals surface area contributed by atoms with Crippen LogP contribution in [-0.2, 0) is 14.9 Å². The molecule has 1 fully saturated rings. The summed E-state index contributed by atoms with van der Waals surface area (Å²) in [5.41, 5.74) is 0.378. The molecule has 5 nitrogen and oxygen atoms in total. The van der Waals surface area contributed by atoms with E-state index in [4.69, 9.17) is 4.55 Å². The SMILES string of the molecule is O=C(CCCC[C@@H]1CCSS1)Nc1cccc(S(=O)(=O)O)c1. The Labute approximate surface area is 138 Å². The predicted molar refractivity (Wildman–Crippen MR) is 91.8 cm³/mol. The summed E-state index contributed by atoms with van der Waals surface area (Å²) < 4.78 is 31.1. The molecule has 2 N–H and O–H groups in total. The van der Waals surface area contributed by atoms with E-state index in [9.17, 15) is 13.2 Å². The van der Waals surface area contributed by atoms with E-state index in [2.05, 4.69) is 5.32 Å². The lowest BCUT2D eigenvalue weighted by atomic mass is 10.1. The van der Waals surface area contributed by atoms with Crippen LogP contribution in [-0.4, -0.2) is 29.9 Å². The van der Waals surface area contributed by atoms with Crippen LogP contribution < -0.4 is 5.32 Å². The fourth-order valence-electron chi connectivity index (χ4n) is 2.18. The minimum Gasteiger partial charge on any atom is -0.326 e. The summed E-state index contributed by atoms with van der Waals surface area (Å²) in [5, 5.41) is 3.38. The molecule has 8 heteroatoms. The number of amides is 1. The third-order valence-corrected chi connectivity index (χ3v) is 7.18. The normalized spacial score (nSPS) is 18.3. The molecule has 0 bridgehead atoms. The number of rotatable bonds is 7. The second-order valence-electron chi connectivity index (χ2n) is 5.13. The number of hydrogen-bond donors (Lipinski definition) is 2. The molecule has 1 heterocycles. The number of carbonyl (C=O) groups is 1. The van der Waals surface area contributed by atoms with Crippen molar-refractivity contribution in [1.82, 2.24) is 0 Å². The highest BCUT2D eigenvalue weighted by Crippen LogP contribution is 2.39. The Morgan fingerprint density at radius 1 is 1.36 bits per heavy atom. The van der Waals surface area contributed by atoms with Gasteiger partial charge in [0.25, 0.3) is 10.1 Å². The zero-order valence-electron chi connectivity index (χ0n) is 12.0. The minimum absolute atomic E-state index is 0.138. The molecule has 1 atom stereocenters. The molecule has 1 amide bonds. The van der Waals surface area contributed by atoms with Gasteiger partial charge in [0.2, 0.25) is 5.91 Å². The molecule has 1 aliphatic heterocycles. The average molecular weight is 362 g/mol. The topological polar surface area (TPSA) is 83.5 Å². The Bertz CT molecular complexity index is 612. The summed E-state index contributed by atoms with van der Waals surface area (Å²) in [5.74, 6) is 1.08. The van der Waals surface area contributed by atoms with Crippen molar-refractivity contribution in [2.45, 2.75) is 42.2 Å². The molecule has 2 rings (SSSR count). The van der Waals surface area contributed by atoms with Crippen LogP contribution in [0.3, 0.4) is 0 Å². The van der Waals surface area contributed by atoms with Gasteiger partial charge in [-0.25, -0.2) is 0 Å². The van der Waals surface area contributed by atoms with Gasteiger partial charge < -0.3 is 5.32 Å². The molecule has 0 aliphatic carbocycles. The van der Waals surface area contributed by atoms with E-state index in [-0.39, 0.29) is 10.8 Å². The average Bonchev–Trinajstić information content (AvgIpc) is 2.96. The maximum atomic E-state index is 11.8. The van der Waals surface area contributed by atoms with Crippen LogP contribution in [0.4, 0.5) is 5.69 Å². The van der Waals surface area contributed by atoms with E-state index in [0.29, 0.717) is 12.1 Å². The molecule has 1 aromatic carbocycles. The maximum absolute atomic E-state index is 11.8. The standard InChI is InChI=1S/C14H19NO4S3/c16-14(7-2-1-5-12-8-9-20-21-12)15-11-4-3-6-13(10-11)22(17,18)19/h3-4,6,10,12H,1-2,5,7-9H2,(H,15,16)(H,17,18,19)/t12-/m1/s1. The summed E-state index contributed by atoms with van der Waals surface area (Å²) in [6.07, 6.45) is 4.66. The fourth-order valence-corrected chi connectivity index (χ4v) is 5.73. The van der Waals surface area contributed by atoms with Crippen molar-refractivity contribution < 1.29 is 17.8 Å². The van der Waals surface area contributed by atoms with Gasteiger partial charge in [0.05, 0.1) is 4.90 Å². The third-order valence-electron chi connectivity index (χ3n) is 3.32. The first-order valence-corrected chi connectivity index (χ1v) is 10.9. The van der Waals surface area contributed by atoms with Crippen molar-refractivity contribution in [3.8, 4) is 0 Å². The molecular weight excluding hydrogens is 342 g/mol. The molecule has 0 saturated carbocycles. The minimum atomic E-state index is -4.25. The van der Waals surface area contributed by atoms with E-state index in [1.165, 1.54) is 30.4 Å². The van der Waals surface area contributed by atoms with Gasteiger partial charge in [0.15, 0.2) is 0 Å². The van der Waals surface area contributed by atoms with Crippen LogP contribution in [0.2, 0.25) is 0 Å². The third kappa shape index (κ3) is 5.83. The quantitative estimate of drug-likeness (QED) is 0.439. The molecule has 1 aliphatic rings. The molecule has 0 spiro atoms. The van der Waals surface area contributed by atoms with Crippen LogP contribution >= 0.6 is 21.6 Å². The van der Waals surface area contributed by atoms with Crippen LogP contribution in [0.1, 0.15) is 32.1 Å². The summed E-state index contributed by atoms with van der Waals surface area (Å²) >= 11 is 0. The van der Waals surface area contributed by atoms with Crippen LogP contribution in [0, 0.1) is 0 Å². The van der Waals surface area contributed by atoms with E-state index in [0.717, 1.165) is 24.5 Å². The van der Waals surface area contributed by atoms with Gasteiger partial charge in [-0.15, -0.1) is 0 Å². The van der Waals surface area contributed by atoms with Gasteiger partial charge in [-0.05, 0) is 37.5 Å². The molecule has 0 radical (unpaired) electrons. The van der Waals surface area contributed by atoms with Crippen molar-refractivity contribution in [2.24, 2.45) is 0 Å². The largest absolute Gasteiger partial charge is 0.326 e. The van der Waals surface area contributed by atoms with Gasteiger partial charge in [-0.3, -0.25) is 9.35 Å². The molecule has 0 aromatic heterocycles. The van der Waals surface area contributed by atoms with Gasteiger partial charge in [0.1, 0.15) is 0 Å². The van der Waals surface area contributed by atoms with Crippen molar-refractivity contribution in [1.29, 1.82) is 0 Å². The van der Waals surface area contributed by atoms with Crippen LogP contribution in [0.15, 0.2) is 29.2 Å². The molecule has 122 valence electrons. The molecule has 22 heavy (non-hydrogen) atoms. The number of benzene rings is 1. The number of carbonyl (C=O) groups excluding carboxylic acids is 1. The predicted octanol–water partition coefficient (Wildman–Crippen LogP) is 3.59. The molecule has 1 saturated heterocycles. The van der Waals surface area contributed by atoms with E-state index in [1.807, 2.05) is 21.6 Å². The zero-order valence-corrected chi connectivity index (χ0v) is 14.5. The van der Waals surface area contributed by atoms with E-state index >= 15 is 0 Å². The highest BCUT2D eigenvalue weighted by Gasteiger charge is 2.16. The van der Waals surface area contributed by atoms with E-state index in [1.54, 1.807) is 6.07 Å². The molecule has 1 aromatic rings. The van der Waals surface area contributed by atoms with E-state index < -0.39 is 10.1 Å². The number of nitrogens with one attached hydrogen (secondary N) is 1.